The van der Waals surface area contributed by atoms with Crippen molar-refractivity contribution in [3.8, 4) is 11.5 Å². The molecule has 0 heterocycles. The largest absolute Gasteiger partial charge is 0.514 e. The molecule has 0 saturated carbocycles. The number of carbonyl (C=O) groups excluding carboxylic acids is 4. The molecule has 1 unspecified atom stereocenters. The number of hydrogen-bond donors (Lipinski definition) is 1. The maximum Gasteiger partial charge on any atom is 0.514 e. The van der Waals surface area contributed by atoms with Crippen LogP contribution in [0, 0.1) is 5.92 Å². The maximum atomic E-state index is 12.7. The molecule has 0 radical (unpaired) electrons. The molecule has 0 aliphatic heterocycles. The first-order chi connectivity index (χ1) is 19.8. The van der Waals surface area contributed by atoms with E-state index in [9.17, 15) is 19.2 Å². The number of nitrogens with two attached hydrogens (primary N) is 1. The van der Waals surface area contributed by atoms with E-state index in [0.29, 0.717) is 30.7 Å². The van der Waals surface area contributed by atoms with Crippen molar-refractivity contribution in [1.82, 2.24) is 0 Å². The van der Waals surface area contributed by atoms with Crippen molar-refractivity contribution in [2.75, 3.05) is 20.3 Å². The minimum atomic E-state index is -1.61. The van der Waals surface area contributed by atoms with Gasteiger partial charge in [0, 0.05) is 12.8 Å². The van der Waals surface area contributed by atoms with E-state index in [1.807, 2.05) is 27.7 Å². The van der Waals surface area contributed by atoms with Gasteiger partial charge in [0.25, 0.3) is 0 Å². The normalized spacial score (nSPS) is 13.7. The lowest BCUT2D eigenvalue weighted by molar-refractivity contribution is -0.147. The van der Waals surface area contributed by atoms with Gasteiger partial charge in [0.05, 0.1) is 20.3 Å². The van der Waals surface area contributed by atoms with E-state index >= 15 is 0 Å². The molecule has 1 rings (SSSR count). The Hall–Kier alpha value is -3.54. The van der Waals surface area contributed by atoms with Gasteiger partial charge < -0.3 is 38.9 Å². The van der Waals surface area contributed by atoms with E-state index in [4.69, 9.17) is 38.9 Å². The fraction of sp³-hybridized carbons (Fsp3) is 0.667. The van der Waals surface area contributed by atoms with Crippen LogP contribution < -0.4 is 15.2 Å². The van der Waals surface area contributed by atoms with E-state index in [1.165, 1.54) is 19.2 Å². The predicted octanol–water partition coefficient (Wildman–Crippen LogP) is 6.10. The quantitative estimate of drug-likeness (QED) is 0.125. The second-order valence-electron chi connectivity index (χ2n) is 10.6. The highest BCUT2D eigenvalue weighted by atomic mass is 16.8. The second kappa shape index (κ2) is 18.8. The van der Waals surface area contributed by atoms with Gasteiger partial charge in [-0.3, -0.25) is 4.79 Å². The molecule has 0 fully saturated rings. The number of esters is 1. The summed E-state index contributed by atoms with van der Waals surface area (Å²) in [4.78, 5) is 49.4. The van der Waals surface area contributed by atoms with Crippen LogP contribution in [0.4, 0.5) is 14.4 Å². The monoisotopic (exact) mass is 597 g/mol. The number of ether oxygens (including phenoxy) is 7. The van der Waals surface area contributed by atoms with E-state index in [-0.39, 0.29) is 43.7 Å². The molecule has 0 saturated heterocycles. The van der Waals surface area contributed by atoms with Crippen molar-refractivity contribution >= 4 is 24.4 Å². The molecule has 0 aliphatic rings. The van der Waals surface area contributed by atoms with Gasteiger partial charge >= 0.3 is 24.4 Å². The molecule has 2 N–H and O–H groups in total. The standard InChI is InChI=1S/C30H47NO11/c1-8-10-21(5)39-28(34)41-24-13-12-23(18-25(24)42-29(35)40-22(6)11-9-2)19-30(31,26(32)36-7)15-17-38-27(33)37-16-14-20(3)4/h12-13,18,20-22H,8-11,14-17,19,31H2,1-7H3/t21-,22?,30+/m0/s1. The van der Waals surface area contributed by atoms with Crippen LogP contribution in [0.1, 0.15) is 85.6 Å². The number of benzene rings is 1. The van der Waals surface area contributed by atoms with E-state index in [1.54, 1.807) is 19.9 Å². The van der Waals surface area contributed by atoms with Crippen molar-refractivity contribution in [2.24, 2.45) is 11.7 Å². The van der Waals surface area contributed by atoms with Crippen molar-refractivity contribution in [3.63, 3.8) is 0 Å². The predicted molar refractivity (Wildman–Crippen MR) is 153 cm³/mol. The summed E-state index contributed by atoms with van der Waals surface area (Å²) in [6.45, 7) is 11.4. The van der Waals surface area contributed by atoms with Crippen LogP contribution in [0.5, 0.6) is 11.5 Å². The van der Waals surface area contributed by atoms with E-state index < -0.39 is 36.1 Å². The summed E-state index contributed by atoms with van der Waals surface area (Å²) in [7, 11) is 1.19. The molecule has 12 nitrogen and oxygen atoms in total. The Labute approximate surface area is 248 Å². The Morgan fingerprint density at radius 3 is 1.86 bits per heavy atom. The molecule has 0 spiro atoms. The molecule has 1 aromatic carbocycles. The van der Waals surface area contributed by atoms with E-state index in [0.717, 1.165) is 12.8 Å². The Bertz CT molecular complexity index is 1010. The second-order valence-corrected chi connectivity index (χ2v) is 10.6. The molecule has 12 heteroatoms. The van der Waals surface area contributed by atoms with Gasteiger partial charge in [-0.2, -0.15) is 0 Å². The molecular formula is C30H47NO11. The highest BCUT2D eigenvalue weighted by Crippen LogP contribution is 2.31. The first-order valence-electron chi connectivity index (χ1n) is 14.4. The minimum absolute atomic E-state index is 0.0917. The van der Waals surface area contributed by atoms with Crippen LogP contribution in [-0.4, -0.2) is 62.5 Å². The summed E-state index contributed by atoms with van der Waals surface area (Å²) in [5.41, 5.74) is 5.24. The number of methoxy groups -OCH3 is 1. The third-order valence-corrected chi connectivity index (χ3v) is 6.17. The van der Waals surface area contributed by atoms with Crippen molar-refractivity contribution < 1.29 is 52.3 Å². The Morgan fingerprint density at radius 2 is 1.33 bits per heavy atom. The lowest BCUT2D eigenvalue weighted by Gasteiger charge is -2.26. The summed E-state index contributed by atoms with van der Waals surface area (Å²) in [5.74, 6) is -0.626. The molecule has 42 heavy (non-hydrogen) atoms. The van der Waals surface area contributed by atoms with Crippen molar-refractivity contribution in [1.29, 1.82) is 0 Å². The van der Waals surface area contributed by atoms with Gasteiger partial charge in [0.1, 0.15) is 17.7 Å². The van der Waals surface area contributed by atoms with Gasteiger partial charge in [-0.15, -0.1) is 0 Å². The average Bonchev–Trinajstić information content (AvgIpc) is 2.89. The number of hydrogen-bond acceptors (Lipinski definition) is 12. The van der Waals surface area contributed by atoms with Crippen LogP contribution in [0.25, 0.3) is 0 Å². The Balaban J connectivity index is 3.12. The summed E-state index contributed by atoms with van der Waals surface area (Å²) in [6, 6.07) is 4.33. The minimum Gasteiger partial charge on any atom is -0.468 e. The van der Waals surface area contributed by atoms with Crippen molar-refractivity contribution in [2.45, 2.75) is 104 Å². The van der Waals surface area contributed by atoms with Gasteiger partial charge in [-0.05, 0) is 56.7 Å². The summed E-state index contributed by atoms with van der Waals surface area (Å²) >= 11 is 0. The zero-order chi connectivity index (χ0) is 31.7. The molecule has 0 amide bonds. The highest BCUT2D eigenvalue weighted by molar-refractivity contribution is 5.81. The van der Waals surface area contributed by atoms with E-state index in [2.05, 4.69) is 0 Å². The van der Waals surface area contributed by atoms with Gasteiger partial charge in [-0.1, -0.05) is 46.6 Å². The average molecular weight is 598 g/mol. The summed E-state index contributed by atoms with van der Waals surface area (Å²) in [6.07, 6.45) is -0.236. The fourth-order valence-electron chi connectivity index (χ4n) is 3.88. The fourth-order valence-corrected chi connectivity index (χ4v) is 3.88. The van der Waals surface area contributed by atoms with Crippen LogP contribution in [0.3, 0.4) is 0 Å². The summed E-state index contributed by atoms with van der Waals surface area (Å²) in [5, 5.41) is 0. The topological polar surface area (TPSA) is 159 Å². The first-order valence-corrected chi connectivity index (χ1v) is 14.4. The van der Waals surface area contributed by atoms with Gasteiger partial charge in [0.2, 0.25) is 0 Å². The molecular weight excluding hydrogens is 550 g/mol. The molecule has 3 atom stereocenters. The SMILES string of the molecule is CCCC(C)OC(=O)Oc1cc(C[C@](N)(CCOC(=O)OCCC(C)C)C(=O)OC)ccc1OC(=O)O[C@@H](C)CCC. The molecule has 0 bridgehead atoms. The Kier molecular flexibility index (Phi) is 16.3. The van der Waals surface area contributed by atoms with Crippen LogP contribution in [0.2, 0.25) is 0 Å². The molecule has 1 aromatic rings. The van der Waals surface area contributed by atoms with Crippen LogP contribution in [0.15, 0.2) is 18.2 Å². The number of carbonyl (C=O) groups is 4. The summed E-state index contributed by atoms with van der Waals surface area (Å²) < 4.78 is 36.2. The van der Waals surface area contributed by atoms with Crippen LogP contribution in [-0.2, 0) is 34.9 Å². The van der Waals surface area contributed by atoms with Gasteiger partial charge in [0.15, 0.2) is 11.5 Å². The zero-order valence-corrected chi connectivity index (χ0v) is 25.9. The molecule has 0 aliphatic carbocycles. The Morgan fingerprint density at radius 1 is 0.786 bits per heavy atom. The third-order valence-electron chi connectivity index (χ3n) is 6.17. The highest BCUT2D eigenvalue weighted by Gasteiger charge is 2.36. The van der Waals surface area contributed by atoms with Gasteiger partial charge in [-0.25, -0.2) is 14.4 Å². The zero-order valence-electron chi connectivity index (χ0n) is 25.9. The van der Waals surface area contributed by atoms with Crippen molar-refractivity contribution in [3.05, 3.63) is 23.8 Å². The third kappa shape index (κ3) is 13.9. The smallest absolute Gasteiger partial charge is 0.468 e. The molecule has 238 valence electrons. The first kappa shape index (κ1) is 36.5. The molecule has 0 aromatic heterocycles. The lowest BCUT2D eigenvalue weighted by Crippen LogP contribution is -2.51. The lowest BCUT2D eigenvalue weighted by atomic mass is 9.88. The maximum absolute atomic E-state index is 12.7. The number of rotatable bonds is 17. The van der Waals surface area contributed by atoms with Crippen LogP contribution >= 0.6 is 0 Å².